The second kappa shape index (κ2) is 6.02. The van der Waals surface area contributed by atoms with E-state index in [9.17, 15) is 9.59 Å². The number of para-hydroxylation sites is 1. The van der Waals surface area contributed by atoms with E-state index in [4.69, 9.17) is 0 Å². The molecule has 1 fully saturated rings. The van der Waals surface area contributed by atoms with Gasteiger partial charge in [-0.3, -0.25) is 4.79 Å². The van der Waals surface area contributed by atoms with Crippen molar-refractivity contribution in [3.63, 3.8) is 0 Å². The van der Waals surface area contributed by atoms with E-state index in [1.807, 2.05) is 25.2 Å². The Morgan fingerprint density at radius 3 is 2.91 bits per heavy atom. The third-order valence-corrected chi connectivity index (χ3v) is 5.21. The molecule has 3 amide bonds. The first kappa shape index (κ1) is 14.9. The van der Waals surface area contributed by atoms with Gasteiger partial charge in [-0.15, -0.1) is 11.3 Å². The van der Waals surface area contributed by atoms with Crippen molar-refractivity contribution in [3.8, 4) is 0 Å². The van der Waals surface area contributed by atoms with Crippen molar-refractivity contribution in [2.75, 3.05) is 20.3 Å². The highest BCUT2D eigenvalue weighted by molar-refractivity contribution is 7.18. The summed E-state index contributed by atoms with van der Waals surface area (Å²) in [5.74, 6) is -0.111. The summed E-state index contributed by atoms with van der Waals surface area (Å²) < 4.78 is 1.16. The Morgan fingerprint density at radius 2 is 2.18 bits per heavy atom. The van der Waals surface area contributed by atoms with Crippen LogP contribution in [0.3, 0.4) is 0 Å². The molecule has 0 spiro atoms. The van der Waals surface area contributed by atoms with E-state index in [0.717, 1.165) is 20.1 Å². The topological polar surface area (TPSA) is 66.7 Å². The number of imide groups is 1. The molecule has 0 aliphatic carbocycles. The molecule has 1 aliphatic rings. The fourth-order valence-corrected chi connectivity index (χ4v) is 3.56. The average Bonchev–Trinajstić information content (AvgIpc) is 2.94. The molecule has 1 aliphatic heterocycles. The first-order valence-electron chi connectivity index (χ1n) is 7.32. The van der Waals surface area contributed by atoms with Crippen LogP contribution in [0.2, 0.25) is 0 Å². The zero-order chi connectivity index (χ0) is 15.7. The number of hydrogen-bond acceptors (Lipinski definition) is 4. The number of carbonyl (C=O) groups is 2. The fraction of sp³-hybridized carbons (Fsp3) is 0.400. The summed E-state index contributed by atoms with van der Waals surface area (Å²) >= 11 is 1.66. The van der Waals surface area contributed by atoms with Gasteiger partial charge in [0, 0.05) is 13.0 Å². The van der Waals surface area contributed by atoms with Crippen molar-refractivity contribution in [1.29, 1.82) is 0 Å². The fourth-order valence-electron chi connectivity index (χ4n) is 2.45. The number of fused-ring (bicyclic) bond motifs is 1. The maximum atomic E-state index is 11.9. The van der Waals surface area contributed by atoms with Crippen LogP contribution in [-0.2, 0) is 4.79 Å². The molecule has 0 saturated carbocycles. The summed E-state index contributed by atoms with van der Waals surface area (Å²) in [6.45, 7) is 2.85. The highest BCUT2D eigenvalue weighted by atomic mass is 32.1. The van der Waals surface area contributed by atoms with Crippen LogP contribution in [-0.4, -0.2) is 42.1 Å². The van der Waals surface area contributed by atoms with Crippen LogP contribution in [0.25, 0.3) is 10.2 Å². The Kier molecular flexibility index (Phi) is 4.08. The van der Waals surface area contributed by atoms with Crippen LogP contribution in [0.1, 0.15) is 24.4 Å². The van der Waals surface area contributed by atoms with Crippen molar-refractivity contribution in [3.05, 3.63) is 29.3 Å². The molecule has 2 N–H and O–H groups in total. The van der Waals surface area contributed by atoms with Crippen LogP contribution in [0.5, 0.6) is 0 Å². The van der Waals surface area contributed by atoms with Gasteiger partial charge in [0.05, 0.1) is 17.3 Å². The van der Waals surface area contributed by atoms with Crippen molar-refractivity contribution in [2.24, 2.45) is 0 Å². The Hall–Kier alpha value is -1.99. The number of urea groups is 1. The predicted molar refractivity (Wildman–Crippen MR) is 84.7 cm³/mol. The Balaban J connectivity index is 1.74. The summed E-state index contributed by atoms with van der Waals surface area (Å²) in [7, 11) is 1.98. The molecular weight excluding hydrogens is 300 g/mol. The summed E-state index contributed by atoms with van der Waals surface area (Å²) in [5.41, 5.74) is 0.994. The lowest BCUT2D eigenvalue weighted by Gasteiger charge is -2.29. The highest BCUT2D eigenvalue weighted by Gasteiger charge is 2.30. The van der Waals surface area contributed by atoms with E-state index in [1.54, 1.807) is 11.3 Å². The molecule has 1 aromatic carbocycles. The SMILES string of the molecule is C[C@@H](c1nc2ccccc2s1)[NH+](C)CN1C(=O)CCNC1=O. The molecule has 3 rings (SSSR count). The zero-order valence-electron chi connectivity index (χ0n) is 12.6. The number of rotatable bonds is 4. The number of benzene rings is 1. The monoisotopic (exact) mass is 319 g/mol. The Bertz CT molecular complexity index is 665. The summed E-state index contributed by atoms with van der Waals surface area (Å²) in [6.07, 6.45) is 0.370. The van der Waals surface area contributed by atoms with E-state index in [1.165, 1.54) is 4.90 Å². The summed E-state index contributed by atoms with van der Waals surface area (Å²) in [5, 5.41) is 3.73. The minimum Gasteiger partial charge on any atom is -0.337 e. The molecular formula is C15H19N4O2S+. The first-order chi connectivity index (χ1) is 10.6. The zero-order valence-corrected chi connectivity index (χ0v) is 13.4. The molecule has 2 aromatic rings. The van der Waals surface area contributed by atoms with Crippen molar-refractivity contribution < 1.29 is 14.5 Å². The van der Waals surface area contributed by atoms with Gasteiger partial charge in [-0.05, 0) is 19.1 Å². The van der Waals surface area contributed by atoms with Crippen LogP contribution in [0.4, 0.5) is 4.79 Å². The molecule has 0 bridgehead atoms. The molecule has 0 radical (unpaired) electrons. The Labute approximate surface area is 132 Å². The normalized spacial score (nSPS) is 18.4. The van der Waals surface area contributed by atoms with Gasteiger partial charge in [-0.2, -0.15) is 0 Å². The number of hydrogen-bond donors (Lipinski definition) is 2. The molecule has 1 aromatic heterocycles. The maximum Gasteiger partial charge on any atom is 0.328 e. The predicted octanol–water partition coefficient (Wildman–Crippen LogP) is 0.771. The van der Waals surface area contributed by atoms with E-state index < -0.39 is 0 Å². The molecule has 2 heterocycles. The number of nitrogens with zero attached hydrogens (tertiary/aromatic N) is 2. The lowest BCUT2D eigenvalue weighted by atomic mass is 10.3. The van der Waals surface area contributed by atoms with Crippen LogP contribution in [0, 0.1) is 0 Å². The standard InChI is InChI=1S/C15H18N4O2S/c1-10(14-17-11-5-3-4-6-12(11)22-14)18(2)9-19-13(20)7-8-16-15(19)21/h3-6,10H,7-9H2,1-2H3,(H,16,21)/p+1/t10-/m0/s1. The number of aromatic nitrogens is 1. The molecule has 6 nitrogen and oxygen atoms in total. The van der Waals surface area contributed by atoms with Gasteiger partial charge >= 0.3 is 6.03 Å². The van der Waals surface area contributed by atoms with Gasteiger partial charge in [0.1, 0.15) is 6.04 Å². The number of quaternary nitrogens is 1. The number of amides is 3. The van der Waals surface area contributed by atoms with E-state index >= 15 is 0 Å². The number of thiazole rings is 1. The molecule has 22 heavy (non-hydrogen) atoms. The van der Waals surface area contributed by atoms with Crippen molar-refractivity contribution >= 4 is 33.5 Å². The van der Waals surface area contributed by atoms with Gasteiger partial charge in [0.15, 0.2) is 11.7 Å². The second-order valence-corrected chi connectivity index (χ2v) is 6.61. The molecule has 2 atom stereocenters. The maximum absolute atomic E-state index is 11.9. The van der Waals surface area contributed by atoms with Gasteiger partial charge in [-0.25, -0.2) is 14.7 Å². The minimum absolute atomic E-state index is 0.111. The Morgan fingerprint density at radius 1 is 1.41 bits per heavy atom. The number of carbonyl (C=O) groups excluding carboxylic acids is 2. The van der Waals surface area contributed by atoms with E-state index in [2.05, 4.69) is 23.3 Å². The second-order valence-electron chi connectivity index (χ2n) is 5.55. The van der Waals surface area contributed by atoms with Crippen LogP contribution >= 0.6 is 11.3 Å². The summed E-state index contributed by atoms with van der Waals surface area (Å²) in [4.78, 5) is 30.7. The van der Waals surface area contributed by atoms with Gasteiger partial charge < -0.3 is 10.2 Å². The highest BCUT2D eigenvalue weighted by Crippen LogP contribution is 2.24. The van der Waals surface area contributed by atoms with Crippen LogP contribution < -0.4 is 10.2 Å². The quantitative estimate of drug-likeness (QED) is 0.875. The van der Waals surface area contributed by atoms with Gasteiger partial charge in [-0.1, -0.05) is 12.1 Å². The first-order valence-corrected chi connectivity index (χ1v) is 8.14. The lowest BCUT2D eigenvalue weighted by Crippen LogP contribution is -3.11. The molecule has 116 valence electrons. The van der Waals surface area contributed by atoms with E-state index in [-0.39, 0.29) is 18.0 Å². The van der Waals surface area contributed by atoms with E-state index in [0.29, 0.717) is 19.6 Å². The minimum atomic E-state index is -0.299. The average molecular weight is 319 g/mol. The third kappa shape index (κ3) is 2.82. The molecule has 7 heteroatoms. The van der Waals surface area contributed by atoms with Gasteiger partial charge in [0.25, 0.3) is 0 Å². The molecule has 1 unspecified atom stereocenters. The van der Waals surface area contributed by atoms with Crippen molar-refractivity contribution in [1.82, 2.24) is 15.2 Å². The third-order valence-electron chi connectivity index (χ3n) is 3.99. The lowest BCUT2D eigenvalue weighted by molar-refractivity contribution is -0.917. The smallest absolute Gasteiger partial charge is 0.328 e. The summed E-state index contributed by atoms with van der Waals surface area (Å²) in [6, 6.07) is 7.85. The van der Waals surface area contributed by atoms with Crippen molar-refractivity contribution in [2.45, 2.75) is 19.4 Å². The van der Waals surface area contributed by atoms with Gasteiger partial charge in [0.2, 0.25) is 5.91 Å². The molecule has 1 saturated heterocycles. The largest absolute Gasteiger partial charge is 0.337 e. The number of nitrogens with one attached hydrogen (secondary N) is 2. The van der Waals surface area contributed by atoms with Crippen LogP contribution in [0.15, 0.2) is 24.3 Å².